The van der Waals surface area contributed by atoms with Gasteiger partial charge in [-0.15, -0.1) is 0 Å². The Labute approximate surface area is 632 Å². The molecular formula is C72H60F8N14O15S3. The number of rotatable bonds is 12. The van der Waals surface area contributed by atoms with Gasteiger partial charge in [-0.2, -0.15) is 42.1 Å². The van der Waals surface area contributed by atoms with Crippen LogP contribution in [0.15, 0.2) is 164 Å². The van der Waals surface area contributed by atoms with Crippen LogP contribution >= 0.6 is 0 Å². The molecule has 0 radical (unpaired) electrons. The summed E-state index contributed by atoms with van der Waals surface area (Å²) in [7, 11) is -10.8. The molecule has 12 amide bonds. The third kappa shape index (κ3) is 15.8. The average molecular weight is 1610 g/mol. The van der Waals surface area contributed by atoms with E-state index in [1.54, 1.807) is 13.8 Å². The van der Waals surface area contributed by atoms with Crippen molar-refractivity contribution in [3.63, 3.8) is 0 Å². The number of alkyl halides is 8. The van der Waals surface area contributed by atoms with Gasteiger partial charge < -0.3 is 16.0 Å². The molecule has 0 saturated heterocycles. The molecule has 0 bridgehead atoms. The second kappa shape index (κ2) is 31.4. The van der Waals surface area contributed by atoms with Crippen LogP contribution in [0.1, 0.15) is 127 Å². The summed E-state index contributed by atoms with van der Waals surface area (Å²) in [5, 5.41) is 35.0. The number of aromatic nitrogens is 2. The second-order valence-corrected chi connectivity index (χ2v) is 31.3. The first-order valence-electron chi connectivity index (χ1n) is 33.2. The highest BCUT2D eigenvalue weighted by Crippen LogP contribution is 2.51. The van der Waals surface area contributed by atoms with Gasteiger partial charge in [0.25, 0.3) is 6.43 Å². The first-order chi connectivity index (χ1) is 52.6. The zero-order chi connectivity index (χ0) is 82.3. The van der Waals surface area contributed by atoms with Gasteiger partial charge in [-0.1, -0.05) is 30.3 Å². The molecule has 3 aliphatic carbocycles. The SMILES string of the molecule is CCNC(=O)N1C(=O)N(c2cccc(C(F)F)c2)C2=C(C(=O)CC2)C1c1ccc(C#N)cc1S(C)(=O)=O.CCNC(=O)N1C(=O)N(c2ccnc(C(F)(F)F)c2)C2=C(C(=O)CC2)C1c1ccc(C#N)cc1S(C)(=O)=O.CNC(=O)N1C(=O)N(c2ccnc(C(F)(F)F)c2)C2=C(C(=O)CC2)C1c1ccc(C#N)cc1S(C)(=O)=O. The second-order valence-electron chi connectivity index (χ2n) is 25.3. The maximum atomic E-state index is 13.9. The van der Waals surface area contributed by atoms with Crippen LogP contribution in [0.4, 0.5) is 81.0 Å². The molecule has 0 fully saturated rings. The molecule has 3 N–H and O–H groups in total. The number of allylic oxidation sites excluding steroid dienone is 3. The molecule has 3 unspecified atom stereocenters. The molecule has 40 heteroatoms. The van der Waals surface area contributed by atoms with Crippen LogP contribution in [0.5, 0.6) is 0 Å². The van der Waals surface area contributed by atoms with E-state index in [2.05, 4.69) is 25.9 Å². The Hall–Kier alpha value is -12.6. The van der Waals surface area contributed by atoms with Crippen molar-refractivity contribution in [2.24, 2.45) is 0 Å². The number of halogens is 8. The first-order valence-corrected chi connectivity index (χ1v) is 38.9. The Kier molecular flexibility index (Phi) is 23.0. The van der Waals surface area contributed by atoms with E-state index < -0.39 is 131 Å². The lowest BCUT2D eigenvalue weighted by Gasteiger charge is -2.41. The third-order valence-electron chi connectivity index (χ3n) is 18.2. The zero-order valence-corrected chi connectivity index (χ0v) is 61.7. The van der Waals surface area contributed by atoms with E-state index in [1.165, 1.54) is 61.6 Å². The number of hydrogen-bond donors (Lipinski definition) is 3. The fourth-order valence-corrected chi connectivity index (χ4v) is 16.4. The molecule has 3 aliphatic heterocycles. The van der Waals surface area contributed by atoms with Gasteiger partial charge in [-0.05, 0) is 123 Å². The van der Waals surface area contributed by atoms with Crippen molar-refractivity contribution in [1.29, 1.82) is 15.8 Å². The minimum absolute atomic E-state index is 0.00841. The molecule has 29 nitrogen and oxygen atoms in total. The minimum Gasteiger partial charge on any atom is -0.341 e. The number of ketones is 3. The number of urea groups is 6. The lowest BCUT2D eigenvalue weighted by Crippen LogP contribution is -2.55. The molecule has 4 aromatic carbocycles. The molecule has 0 spiro atoms. The minimum atomic E-state index is -4.83. The van der Waals surface area contributed by atoms with E-state index in [0.717, 1.165) is 87.2 Å². The average Bonchev–Trinajstić information content (AvgIpc) is 1.45. The summed E-state index contributed by atoms with van der Waals surface area (Å²) in [6.07, 6.45) is -8.34. The molecule has 0 saturated carbocycles. The molecule has 6 aromatic rings. The van der Waals surface area contributed by atoms with Crippen LogP contribution in [-0.2, 0) is 56.2 Å². The van der Waals surface area contributed by atoms with Crippen molar-refractivity contribution in [2.45, 2.75) is 104 Å². The predicted octanol–water partition coefficient (Wildman–Crippen LogP) is 11.2. The molecule has 2 aromatic heterocycles. The lowest BCUT2D eigenvalue weighted by atomic mass is 9.92. The van der Waals surface area contributed by atoms with Gasteiger partial charge in [0.1, 0.15) is 29.5 Å². The van der Waals surface area contributed by atoms with Crippen LogP contribution in [0.2, 0.25) is 0 Å². The Morgan fingerprint density at radius 1 is 0.473 bits per heavy atom. The van der Waals surface area contributed by atoms with E-state index in [1.807, 2.05) is 18.2 Å². The Morgan fingerprint density at radius 2 is 0.786 bits per heavy atom. The number of nitriles is 3. The van der Waals surface area contributed by atoms with Crippen molar-refractivity contribution in [3.05, 3.63) is 200 Å². The summed E-state index contributed by atoms with van der Waals surface area (Å²) in [5.74, 6) is -1.44. The predicted molar refractivity (Wildman–Crippen MR) is 376 cm³/mol. The Balaban J connectivity index is 0.000000178. The molecular weight excluding hydrogens is 1550 g/mol. The summed E-state index contributed by atoms with van der Waals surface area (Å²) in [6.45, 7) is 3.34. The normalized spacial score (nSPS) is 17.9. The van der Waals surface area contributed by atoms with E-state index in [4.69, 9.17) is 0 Å². The number of pyridine rings is 2. The topological polar surface area (TPSA) is 409 Å². The van der Waals surface area contributed by atoms with Crippen molar-refractivity contribution < 1.29 is 104 Å². The number of nitrogens with one attached hydrogen (secondary N) is 3. The van der Waals surface area contributed by atoms with Gasteiger partial charge in [0.05, 0.1) is 66.6 Å². The fraction of sp³-hybridized carbons (Fsp3) is 0.278. The van der Waals surface area contributed by atoms with E-state index in [-0.39, 0.29) is 156 Å². The molecule has 112 heavy (non-hydrogen) atoms. The number of hydrogen-bond acceptors (Lipinski definition) is 20. The van der Waals surface area contributed by atoms with Gasteiger partial charge in [-0.25, -0.2) is 77.5 Å². The van der Waals surface area contributed by atoms with E-state index in [0.29, 0.717) is 21.9 Å². The van der Waals surface area contributed by atoms with Gasteiger partial charge in [0.2, 0.25) is 0 Å². The van der Waals surface area contributed by atoms with Gasteiger partial charge >= 0.3 is 48.5 Å². The van der Waals surface area contributed by atoms with E-state index >= 15 is 0 Å². The van der Waals surface area contributed by atoms with Crippen molar-refractivity contribution in [2.75, 3.05) is 53.6 Å². The Morgan fingerprint density at radius 3 is 1.06 bits per heavy atom. The van der Waals surface area contributed by atoms with Gasteiger partial charge in [0.15, 0.2) is 46.9 Å². The number of carbonyl (C=O) groups excluding carboxylic acids is 9. The standard InChI is InChI=1S/C25H22F2N4O5S.C24H20F3N5O5S.C23H18F3N5O5S/c1-3-29-24(33)31-22(17-8-7-14(13-28)11-20(17)37(2,35)36)21-18(9-10-19(21)32)30(25(31)34)16-6-4-5-15(12-16)23(26)27;1-3-29-22(34)32-21(15-5-4-13(12-28)10-18(15)38(2,36)37)20-16(6-7-17(20)33)31(23(32)35)14-8-9-30-19(11-14)24(25,26)27;1-28-21(33)31-20(14-4-3-12(11-27)9-17(14)37(2,35)36)19-15(5-6-16(19)32)30(22(31)34)13-7-8-29-18(10-13)23(24,25)26/h4-8,11-12,22-23H,3,9-10H2,1-2H3,(H,29,33);4-5,8-11,21H,3,6-7H2,1-2H3,(H,29,34);3-4,7-10,20H,5-6H2,1-2H3,(H,28,33). The van der Waals surface area contributed by atoms with Crippen LogP contribution in [0, 0.1) is 34.0 Å². The smallest absolute Gasteiger partial charge is 0.341 e. The number of Topliss-reactive ketones (excluding diaryl/α,β-unsaturated/α-hetero) is 3. The lowest BCUT2D eigenvalue weighted by molar-refractivity contribution is -0.141. The highest BCUT2D eigenvalue weighted by molar-refractivity contribution is 7.91. The number of imide groups is 3. The summed E-state index contributed by atoms with van der Waals surface area (Å²) in [5.41, 5.74) is -3.53. The number of nitrogens with zero attached hydrogens (tertiary/aromatic N) is 11. The summed E-state index contributed by atoms with van der Waals surface area (Å²) >= 11 is 0. The maximum Gasteiger partial charge on any atom is 0.433 e. The molecule has 582 valence electrons. The number of sulfone groups is 3. The highest BCUT2D eigenvalue weighted by atomic mass is 32.2. The largest absolute Gasteiger partial charge is 0.433 e. The molecule has 12 rings (SSSR count). The van der Waals surface area contributed by atoms with Gasteiger partial charge in [0, 0.05) is 110 Å². The number of anilines is 3. The van der Waals surface area contributed by atoms with Crippen molar-refractivity contribution in [3.8, 4) is 18.2 Å². The maximum absolute atomic E-state index is 13.9. The van der Waals surface area contributed by atoms with Gasteiger partial charge in [-0.3, -0.25) is 39.1 Å². The quantitative estimate of drug-likeness (QED) is 0.0958. The molecule has 6 aliphatic rings. The number of carbonyl (C=O) groups is 9. The number of amides is 12. The highest BCUT2D eigenvalue weighted by Gasteiger charge is 2.54. The number of benzene rings is 4. The van der Waals surface area contributed by atoms with Crippen LogP contribution < -0.4 is 30.7 Å². The fourth-order valence-electron chi connectivity index (χ4n) is 13.6. The Bertz CT molecular complexity index is 5660. The van der Waals surface area contributed by atoms with Crippen LogP contribution in [0.3, 0.4) is 0 Å². The van der Waals surface area contributed by atoms with Crippen LogP contribution in [-0.4, -0.2) is 142 Å². The van der Waals surface area contributed by atoms with Crippen LogP contribution in [0.25, 0.3) is 0 Å². The summed E-state index contributed by atoms with van der Waals surface area (Å²) < 4.78 is 183. The molecule has 3 atom stereocenters. The summed E-state index contributed by atoms with van der Waals surface area (Å²) in [6, 6.07) is 14.6. The van der Waals surface area contributed by atoms with Crippen molar-refractivity contribution >= 4 is 100 Å². The third-order valence-corrected chi connectivity index (χ3v) is 21.7. The monoisotopic (exact) mass is 1610 g/mol. The first kappa shape index (κ1) is 81.9. The van der Waals surface area contributed by atoms with Crippen molar-refractivity contribution in [1.82, 2.24) is 40.6 Å². The van der Waals surface area contributed by atoms with E-state index in [9.17, 15) is 119 Å². The summed E-state index contributed by atoms with van der Waals surface area (Å²) in [4.78, 5) is 131. The molecule has 5 heterocycles. The zero-order valence-electron chi connectivity index (χ0n) is 59.2.